The second-order valence-corrected chi connectivity index (χ2v) is 5.09. The standard InChI is InChI=1S/C11H19N5/c1-8-13-14-11(15(8)2)7-16-5-9-3-12-4-10(9)6-16/h9-10,12H,3-7H2,1-2H3. The molecule has 2 aliphatic heterocycles. The number of fused-ring (bicyclic) bond motifs is 1. The molecule has 2 aliphatic rings. The van der Waals surface area contributed by atoms with Gasteiger partial charge in [-0.3, -0.25) is 4.90 Å². The molecule has 0 bridgehead atoms. The van der Waals surface area contributed by atoms with E-state index in [1.54, 1.807) is 0 Å². The van der Waals surface area contributed by atoms with Gasteiger partial charge in [0.1, 0.15) is 11.6 Å². The molecule has 3 rings (SSSR count). The quantitative estimate of drug-likeness (QED) is 0.749. The van der Waals surface area contributed by atoms with Gasteiger partial charge in [-0.15, -0.1) is 10.2 Å². The van der Waals surface area contributed by atoms with Crippen LogP contribution in [-0.2, 0) is 13.6 Å². The van der Waals surface area contributed by atoms with E-state index in [-0.39, 0.29) is 0 Å². The summed E-state index contributed by atoms with van der Waals surface area (Å²) in [6.07, 6.45) is 0. The van der Waals surface area contributed by atoms with E-state index in [2.05, 4.69) is 25.0 Å². The summed E-state index contributed by atoms with van der Waals surface area (Å²) < 4.78 is 2.09. The Hall–Kier alpha value is -0.940. The van der Waals surface area contributed by atoms with Crippen LogP contribution < -0.4 is 5.32 Å². The van der Waals surface area contributed by atoms with Crippen molar-refractivity contribution in [1.29, 1.82) is 0 Å². The highest BCUT2D eigenvalue weighted by molar-refractivity contribution is 4.96. The second-order valence-electron chi connectivity index (χ2n) is 5.09. The van der Waals surface area contributed by atoms with Crippen LogP contribution in [0.5, 0.6) is 0 Å². The zero-order valence-electron chi connectivity index (χ0n) is 9.98. The van der Waals surface area contributed by atoms with E-state index in [1.807, 2.05) is 14.0 Å². The van der Waals surface area contributed by atoms with Gasteiger partial charge in [0.25, 0.3) is 0 Å². The van der Waals surface area contributed by atoms with Crippen molar-refractivity contribution in [2.75, 3.05) is 26.2 Å². The van der Waals surface area contributed by atoms with Crippen molar-refractivity contribution < 1.29 is 0 Å². The average molecular weight is 221 g/mol. The van der Waals surface area contributed by atoms with Crippen LogP contribution in [0.4, 0.5) is 0 Å². The molecule has 1 aromatic rings. The van der Waals surface area contributed by atoms with Crippen molar-refractivity contribution in [3.05, 3.63) is 11.6 Å². The smallest absolute Gasteiger partial charge is 0.146 e. The Morgan fingerprint density at radius 1 is 1.25 bits per heavy atom. The largest absolute Gasteiger partial charge is 0.317 e. The zero-order chi connectivity index (χ0) is 11.1. The van der Waals surface area contributed by atoms with Gasteiger partial charge in [-0.1, -0.05) is 0 Å². The van der Waals surface area contributed by atoms with Gasteiger partial charge in [-0.2, -0.15) is 0 Å². The molecule has 0 spiro atoms. The number of hydrogen-bond donors (Lipinski definition) is 1. The minimum Gasteiger partial charge on any atom is -0.317 e. The molecule has 2 atom stereocenters. The maximum atomic E-state index is 4.23. The number of aryl methyl sites for hydroxylation is 1. The van der Waals surface area contributed by atoms with Gasteiger partial charge in [-0.05, 0) is 31.8 Å². The summed E-state index contributed by atoms with van der Waals surface area (Å²) in [6, 6.07) is 0. The molecule has 0 saturated carbocycles. The first kappa shape index (κ1) is 10.2. The third kappa shape index (κ3) is 1.64. The molecule has 0 amide bonds. The summed E-state index contributed by atoms with van der Waals surface area (Å²) in [5.74, 6) is 3.80. The summed E-state index contributed by atoms with van der Waals surface area (Å²) in [4.78, 5) is 2.51. The highest BCUT2D eigenvalue weighted by atomic mass is 15.3. The molecular weight excluding hydrogens is 202 g/mol. The van der Waals surface area contributed by atoms with Gasteiger partial charge in [0, 0.05) is 20.1 Å². The van der Waals surface area contributed by atoms with Crippen molar-refractivity contribution in [2.24, 2.45) is 18.9 Å². The molecule has 88 valence electrons. The predicted molar refractivity (Wildman–Crippen MR) is 60.9 cm³/mol. The van der Waals surface area contributed by atoms with Gasteiger partial charge in [0.15, 0.2) is 0 Å². The fraction of sp³-hybridized carbons (Fsp3) is 0.818. The molecule has 3 heterocycles. The van der Waals surface area contributed by atoms with Crippen LogP contribution in [0.2, 0.25) is 0 Å². The molecule has 1 aromatic heterocycles. The summed E-state index contributed by atoms with van der Waals surface area (Å²) in [7, 11) is 2.04. The maximum Gasteiger partial charge on any atom is 0.146 e. The Morgan fingerprint density at radius 2 is 1.94 bits per heavy atom. The molecule has 5 heteroatoms. The lowest BCUT2D eigenvalue weighted by molar-refractivity contribution is 0.294. The van der Waals surface area contributed by atoms with E-state index in [4.69, 9.17) is 0 Å². The second kappa shape index (κ2) is 3.82. The Kier molecular flexibility index (Phi) is 2.44. The van der Waals surface area contributed by atoms with E-state index < -0.39 is 0 Å². The minimum atomic E-state index is 0.856. The average Bonchev–Trinajstić information content (AvgIpc) is 2.88. The lowest BCUT2D eigenvalue weighted by atomic mass is 10.0. The fourth-order valence-corrected chi connectivity index (χ4v) is 2.87. The summed E-state index contributed by atoms with van der Waals surface area (Å²) in [6.45, 7) is 7.76. The number of likely N-dealkylation sites (tertiary alicyclic amines) is 1. The summed E-state index contributed by atoms with van der Waals surface area (Å²) in [5.41, 5.74) is 0. The minimum absolute atomic E-state index is 0.856. The fourth-order valence-electron chi connectivity index (χ4n) is 2.87. The van der Waals surface area contributed by atoms with Gasteiger partial charge in [0.05, 0.1) is 6.54 Å². The Bertz CT molecular complexity index is 374. The van der Waals surface area contributed by atoms with Crippen molar-refractivity contribution in [1.82, 2.24) is 25.0 Å². The molecule has 16 heavy (non-hydrogen) atoms. The molecule has 2 saturated heterocycles. The van der Waals surface area contributed by atoms with Crippen molar-refractivity contribution in [3.63, 3.8) is 0 Å². The predicted octanol–water partition coefficient (Wildman–Crippen LogP) is -0.225. The van der Waals surface area contributed by atoms with E-state index in [1.165, 1.54) is 26.2 Å². The summed E-state index contributed by atoms with van der Waals surface area (Å²) >= 11 is 0. The van der Waals surface area contributed by atoms with Gasteiger partial charge in [-0.25, -0.2) is 0 Å². The maximum absolute atomic E-state index is 4.23. The first-order valence-electron chi connectivity index (χ1n) is 6.02. The molecule has 0 radical (unpaired) electrons. The number of aromatic nitrogens is 3. The first-order chi connectivity index (χ1) is 7.74. The molecule has 5 nitrogen and oxygen atoms in total. The highest BCUT2D eigenvalue weighted by Gasteiger charge is 2.36. The molecular formula is C11H19N5. The van der Waals surface area contributed by atoms with Crippen molar-refractivity contribution >= 4 is 0 Å². The Labute approximate surface area is 95.8 Å². The van der Waals surface area contributed by atoms with Gasteiger partial charge in [0.2, 0.25) is 0 Å². The van der Waals surface area contributed by atoms with E-state index in [0.29, 0.717) is 0 Å². The number of nitrogens with one attached hydrogen (secondary N) is 1. The van der Waals surface area contributed by atoms with Gasteiger partial charge >= 0.3 is 0 Å². The number of nitrogens with zero attached hydrogens (tertiary/aromatic N) is 4. The Morgan fingerprint density at radius 3 is 2.50 bits per heavy atom. The van der Waals surface area contributed by atoms with Crippen LogP contribution in [0.25, 0.3) is 0 Å². The third-order valence-electron chi connectivity index (χ3n) is 4.01. The third-order valence-corrected chi connectivity index (χ3v) is 4.01. The molecule has 0 aromatic carbocycles. The van der Waals surface area contributed by atoms with Crippen LogP contribution in [0, 0.1) is 18.8 Å². The van der Waals surface area contributed by atoms with E-state index in [0.717, 1.165) is 30.0 Å². The molecule has 2 fully saturated rings. The topological polar surface area (TPSA) is 46.0 Å². The summed E-state index contributed by atoms with van der Waals surface area (Å²) in [5, 5.41) is 11.8. The van der Waals surface area contributed by atoms with Crippen LogP contribution >= 0.6 is 0 Å². The SMILES string of the molecule is Cc1nnc(CN2CC3CNCC3C2)n1C. The first-order valence-corrected chi connectivity index (χ1v) is 6.02. The van der Waals surface area contributed by atoms with Crippen LogP contribution in [0.15, 0.2) is 0 Å². The molecule has 0 aliphatic carbocycles. The van der Waals surface area contributed by atoms with Crippen LogP contribution in [-0.4, -0.2) is 45.8 Å². The Balaban J connectivity index is 1.66. The van der Waals surface area contributed by atoms with Gasteiger partial charge < -0.3 is 9.88 Å². The van der Waals surface area contributed by atoms with E-state index in [9.17, 15) is 0 Å². The normalized spacial score (nSPS) is 29.9. The van der Waals surface area contributed by atoms with E-state index >= 15 is 0 Å². The monoisotopic (exact) mass is 221 g/mol. The van der Waals surface area contributed by atoms with Crippen LogP contribution in [0.1, 0.15) is 11.6 Å². The highest BCUT2D eigenvalue weighted by Crippen LogP contribution is 2.26. The lowest BCUT2D eigenvalue weighted by Gasteiger charge is -2.15. The zero-order valence-corrected chi connectivity index (χ0v) is 9.98. The molecule has 2 unspecified atom stereocenters. The van der Waals surface area contributed by atoms with Crippen molar-refractivity contribution in [2.45, 2.75) is 13.5 Å². The number of hydrogen-bond acceptors (Lipinski definition) is 4. The molecule has 1 N–H and O–H groups in total. The van der Waals surface area contributed by atoms with Crippen LogP contribution in [0.3, 0.4) is 0 Å². The number of rotatable bonds is 2. The lowest BCUT2D eigenvalue weighted by Crippen LogP contribution is -2.26. The van der Waals surface area contributed by atoms with Crippen molar-refractivity contribution in [3.8, 4) is 0 Å².